The lowest BCUT2D eigenvalue weighted by molar-refractivity contribution is 0.0438. The summed E-state index contributed by atoms with van der Waals surface area (Å²) in [6.07, 6.45) is 9.97. The average molecular weight is 236 g/mol. The molecule has 1 saturated carbocycles. The van der Waals surface area contributed by atoms with E-state index in [1.807, 2.05) is 0 Å². The second-order valence-electron chi connectivity index (χ2n) is 5.97. The summed E-state index contributed by atoms with van der Waals surface area (Å²) in [6.45, 7) is 10.4. The van der Waals surface area contributed by atoms with E-state index in [0.29, 0.717) is 11.6 Å². The van der Waals surface area contributed by atoms with Gasteiger partial charge >= 0.3 is 0 Å². The lowest BCUT2D eigenvalue weighted by atomic mass is 9.88. The van der Waals surface area contributed by atoms with Crippen LogP contribution in [0.5, 0.6) is 0 Å². The van der Waals surface area contributed by atoms with Gasteiger partial charge in [0.15, 0.2) is 0 Å². The fourth-order valence-corrected chi connectivity index (χ4v) is 3.17. The van der Waals surface area contributed by atoms with Gasteiger partial charge in [0, 0.05) is 31.2 Å². The van der Waals surface area contributed by atoms with Crippen molar-refractivity contribution >= 4 is 0 Å². The third-order valence-electron chi connectivity index (χ3n) is 4.57. The van der Waals surface area contributed by atoms with Crippen molar-refractivity contribution in [3.63, 3.8) is 0 Å². The Morgan fingerprint density at radius 3 is 2.76 bits per heavy atom. The Hall–Kier alpha value is -0.340. The summed E-state index contributed by atoms with van der Waals surface area (Å²) in [5, 5.41) is 3.77. The van der Waals surface area contributed by atoms with E-state index >= 15 is 0 Å². The molecule has 0 aromatic rings. The predicted octanol–water partition coefficient (Wildman–Crippen LogP) is 2.81. The summed E-state index contributed by atoms with van der Waals surface area (Å²) >= 11 is 0. The first-order valence-corrected chi connectivity index (χ1v) is 7.30. The summed E-state index contributed by atoms with van der Waals surface area (Å²) in [5.41, 5.74) is 0.406. The van der Waals surface area contributed by atoms with Crippen LogP contribution in [0.25, 0.3) is 0 Å². The van der Waals surface area contributed by atoms with Gasteiger partial charge in [-0.05, 0) is 39.0 Å². The molecule has 1 aliphatic carbocycles. The van der Waals surface area contributed by atoms with Crippen LogP contribution in [-0.2, 0) is 0 Å². The lowest BCUT2D eigenvalue weighted by Gasteiger charge is -2.48. The molecule has 0 radical (unpaired) electrons. The molecule has 2 nitrogen and oxygen atoms in total. The first-order chi connectivity index (χ1) is 8.20. The first kappa shape index (κ1) is 13.1. The van der Waals surface area contributed by atoms with Crippen molar-refractivity contribution in [3.8, 4) is 0 Å². The van der Waals surface area contributed by atoms with Gasteiger partial charge in [-0.3, -0.25) is 4.90 Å². The monoisotopic (exact) mass is 236 g/mol. The van der Waals surface area contributed by atoms with Gasteiger partial charge in [0.1, 0.15) is 0 Å². The SMILES string of the molecule is C/C=C/CN1CC(CCC)NCC1(C)C1CC1. The van der Waals surface area contributed by atoms with Crippen LogP contribution in [-0.4, -0.2) is 36.1 Å². The molecule has 0 bridgehead atoms. The molecule has 2 aliphatic rings. The maximum atomic E-state index is 3.77. The van der Waals surface area contributed by atoms with Crippen molar-refractivity contribution in [3.05, 3.63) is 12.2 Å². The zero-order valence-electron chi connectivity index (χ0n) is 11.7. The van der Waals surface area contributed by atoms with Gasteiger partial charge < -0.3 is 5.32 Å². The third-order valence-corrected chi connectivity index (χ3v) is 4.57. The number of rotatable bonds is 5. The predicted molar refractivity (Wildman–Crippen MR) is 74.2 cm³/mol. The van der Waals surface area contributed by atoms with Crippen molar-refractivity contribution in [2.45, 2.75) is 58.0 Å². The molecule has 1 N–H and O–H groups in total. The van der Waals surface area contributed by atoms with E-state index in [1.165, 1.54) is 38.8 Å². The molecule has 2 fully saturated rings. The van der Waals surface area contributed by atoms with Gasteiger partial charge in [-0.1, -0.05) is 25.5 Å². The van der Waals surface area contributed by atoms with Gasteiger partial charge in [-0.15, -0.1) is 0 Å². The summed E-state index contributed by atoms with van der Waals surface area (Å²) in [5.74, 6) is 0.933. The Morgan fingerprint density at radius 2 is 2.18 bits per heavy atom. The summed E-state index contributed by atoms with van der Waals surface area (Å²) in [4.78, 5) is 2.72. The Balaban J connectivity index is 2.01. The maximum absolute atomic E-state index is 3.77. The van der Waals surface area contributed by atoms with Crippen LogP contribution in [0.4, 0.5) is 0 Å². The van der Waals surface area contributed by atoms with Crippen molar-refractivity contribution in [1.29, 1.82) is 0 Å². The molecule has 2 atom stereocenters. The highest BCUT2D eigenvalue weighted by atomic mass is 15.3. The molecule has 2 unspecified atom stereocenters. The molecule has 2 rings (SSSR count). The summed E-state index contributed by atoms with van der Waals surface area (Å²) < 4.78 is 0. The van der Waals surface area contributed by atoms with Crippen LogP contribution in [0.15, 0.2) is 12.2 Å². The number of nitrogens with one attached hydrogen (secondary N) is 1. The molecule has 1 aliphatic heterocycles. The summed E-state index contributed by atoms with van der Waals surface area (Å²) in [7, 11) is 0. The average Bonchev–Trinajstić information content (AvgIpc) is 3.14. The van der Waals surface area contributed by atoms with Gasteiger partial charge in [-0.2, -0.15) is 0 Å². The highest BCUT2D eigenvalue weighted by molar-refractivity contribution is 5.06. The van der Waals surface area contributed by atoms with Crippen LogP contribution in [0, 0.1) is 5.92 Å². The highest BCUT2D eigenvalue weighted by Crippen LogP contribution is 2.44. The van der Waals surface area contributed by atoms with Crippen LogP contribution >= 0.6 is 0 Å². The minimum absolute atomic E-state index is 0.406. The number of hydrogen-bond donors (Lipinski definition) is 1. The molecular formula is C15H28N2. The molecule has 0 aromatic carbocycles. The zero-order chi connectivity index (χ0) is 12.3. The largest absolute Gasteiger partial charge is 0.311 e. The minimum atomic E-state index is 0.406. The van der Waals surface area contributed by atoms with Gasteiger partial charge in [0.05, 0.1) is 0 Å². The molecule has 1 saturated heterocycles. The molecule has 98 valence electrons. The van der Waals surface area contributed by atoms with E-state index in [-0.39, 0.29) is 0 Å². The van der Waals surface area contributed by atoms with E-state index in [4.69, 9.17) is 0 Å². The van der Waals surface area contributed by atoms with E-state index < -0.39 is 0 Å². The third kappa shape index (κ3) is 2.92. The number of allylic oxidation sites excluding steroid dienone is 1. The van der Waals surface area contributed by atoms with Crippen LogP contribution in [0.2, 0.25) is 0 Å². The van der Waals surface area contributed by atoms with Crippen molar-refractivity contribution < 1.29 is 0 Å². The van der Waals surface area contributed by atoms with E-state index in [1.54, 1.807) is 0 Å². The Morgan fingerprint density at radius 1 is 1.41 bits per heavy atom. The standard InChI is InChI=1S/C15H28N2/c1-4-6-10-17-11-14(7-5-2)16-12-15(17,3)13-8-9-13/h4,6,13-14,16H,5,7-12H2,1-3H3/b6-4+. The summed E-state index contributed by atoms with van der Waals surface area (Å²) in [6, 6.07) is 0.706. The van der Waals surface area contributed by atoms with E-state index in [9.17, 15) is 0 Å². The fourth-order valence-electron chi connectivity index (χ4n) is 3.17. The Labute approximate surface area is 106 Å². The fraction of sp³-hybridized carbons (Fsp3) is 0.867. The number of piperazine rings is 1. The molecule has 17 heavy (non-hydrogen) atoms. The topological polar surface area (TPSA) is 15.3 Å². The number of hydrogen-bond acceptors (Lipinski definition) is 2. The second kappa shape index (κ2) is 5.53. The van der Waals surface area contributed by atoms with Gasteiger partial charge in [-0.25, -0.2) is 0 Å². The van der Waals surface area contributed by atoms with Crippen molar-refractivity contribution in [2.24, 2.45) is 5.92 Å². The van der Waals surface area contributed by atoms with E-state index in [0.717, 1.165) is 12.5 Å². The molecule has 0 spiro atoms. The Bertz CT molecular complexity index is 270. The smallest absolute Gasteiger partial charge is 0.0337 e. The van der Waals surface area contributed by atoms with E-state index in [2.05, 4.69) is 43.1 Å². The normalized spacial score (nSPS) is 35.6. The van der Waals surface area contributed by atoms with Crippen LogP contribution in [0.3, 0.4) is 0 Å². The number of nitrogens with zero attached hydrogens (tertiary/aromatic N) is 1. The lowest BCUT2D eigenvalue weighted by Crippen LogP contribution is -2.64. The van der Waals surface area contributed by atoms with Crippen molar-refractivity contribution in [1.82, 2.24) is 10.2 Å². The van der Waals surface area contributed by atoms with Gasteiger partial charge in [0.25, 0.3) is 0 Å². The van der Waals surface area contributed by atoms with Crippen molar-refractivity contribution in [2.75, 3.05) is 19.6 Å². The highest BCUT2D eigenvalue weighted by Gasteiger charge is 2.47. The Kier molecular flexibility index (Phi) is 4.26. The van der Waals surface area contributed by atoms with Crippen LogP contribution in [0.1, 0.15) is 46.5 Å². The van der Waals surface area contributed by atoms with Crippen LogP contribution < -0.4 is 5.32 Å². The molecule has 1 heterocycles. The second-order valence-corrected chi connectivity index (χ2v) is 5.97. The molecule has 0 amide bonds. The zero-order valence-corrected chi connectivity index (χ0v) is 11.7. The quantitative estimate of drug-likeness (QED) is 0.738. The van der Waals surface area contributed by atoms with Gasteiger partial charge in [0.2, 0.25) is 0 Å². The molecule has 2 heteroatoms. The molecular weight excluding hydrogens is 208 g/mol. The first-order valence-electron chi connectivity index (χ1n) is 7.30. The molecule has 0 aromatic heterocycles. The maximum Gasteiger partial charge on any atom is 0.0337 e. The minimum Gasteiger partial charge on any atom is -0.311 e.